The quantitative estimate of drug-likeness (QED) is 0.831. The molecule has 1 saturated heterocycles. The lowest BCUT2D eigenvalue weighted by Crippen LogP contribution is -2.37. The van der Waals surface area contributed by atoms with Gasteiger partial charge in [0.2, 0.25) is 5.91 Å². The van der Waals surface area contributed by atoms with Crippen molar-refractivity contribution in [2.45, 2.75) is 19.3 Å². The highest BCUT2D eigenvalue weighted by molar-refractivity contribution is 6.31. The van der Waals surface area contributed by atoms with Gasteiger partial charge in [-0.25, -0.2) is 0 Å². The molecule has 0 saturated carbocycles. The number of piperidine rings is 1. The van der Waals surface area contributed by atoms with E-state index in [1.54, 1.807) is 18.2 Å². The van der Waals surface area contributed by atoms with Crippen LogP contribution >= 0.6 is 11.6 Å². The van der Waals surface area contributed by atoms with Crippen molar-refractivity contribution in [2.75, 3.05) is 6.54 Å². The van der Waals surface area contributed by atoms with Crippen LogP contribution in [0.25, 0.3) is 0 Å². The fourth-order valence-corrected chi connectivity index (χ4v) is 2.27. The smallest absolute Gasteiger partial charge is 0.223 e. The first-order valence-corrected chi connectivity index (χ1v) is 5.80. The summed E-state index contributed by atoms with van der Waals surface area (Å²) in [5, 5.41) is 13.0. The molecule has 86 valence electrons. The highest BCUT2D eigenvalue weighted by Gasteiger charge is 2.24. The number of nitrogens with one attached hydrogen (secondary N) is 1. The molecule has 16 heavy (non-hydrogen) atoms. The molecule has 1 fully saturated rings. The van der Waals surface area contributed by atoms with Gasteiger partial charge < -0.3 is 10.4 Å². The molecule has 2 N–H and O–H groups in total. The van der Waals surface area contributed by atoms with E-state index in [4.69, 9.17) is 11.6 Å². The van der Waals surface area contributed by atoms with E-state index in [2.05, 4.69) is 5.32 Å². The summed E-state index contributed by atoms with van der Waals surface area (Å²) in [6.07, 6.45) is 2.36. The molecule has 1 amide bonds. The minimum atomic E-state index is -0.0699. The Labute approximate surface area is 99.4 Å². The van der Waals surface area contributed by atoms with Crippen LogP contribution in [0.4, 0.5) is 0 Å². The van der Waals surface area contributed by atoms with E-state index in [-0.39, 0.29) is 17.6 Å². The molecule has 3 nitrogen and oxygen atoms in total. The van der Waals surface area contributed by atoms with Crippen LogP contribution in [-0.2, 0) is 11.2 Å². The molecular formula is C12H14ClNO2. The second kappa shape index (κ2) is 4.74. The average molecular weight is 240 g/mol. The van der Waals surface area contributed by atoms with Gasteiger partial charge in [-0.05, 0) is 31.4 Å². The summed E-state index contributed by atoms with van der Waals surface area (Å²) in [5.74, 6) is 0.163. The van der Waals surface area contributed by atoms with E-state index in [0.717, 1.165) is 19.4 Å². The zero-order valence-corrected chi connectivity index (χ0v) is 9.63. The van der Waals surface area contributed by atoms with Crippen LogP contribution in [0.1, 0.15) is 18.4 Å². The molecule has 2 rings (SSSR count). The summed E-state index contributed by atoms with van der Waals surface area (Å²) >= 11 is 6.00. The maximum absolute atomic E-state index is 11.6. The van der Waals surface area contributed by atoms with E-state index in [1.165, 1.54) is 0 Å². The van der Waals surface area contributed by atoms with Crippen LogP contribution in [-0.4, -0.2) is 17.6 Å². The van der Waals surface area contributed by atoms with Crippen LogP contribution in [0.15, 0.2) is 18.2 Å². The van der Waals surface area contributed by atoms with Gasteiger partial charge in [0.05, 0.1) is 0 Å². The number of carbonyl (C=O) groups is 1. The Hall–Kier alpha value is -1.22. The Morgan fingerprint density at radius 3 is 3.00 bits per heavy atom. The van der Waals surface area contributed by atoms with Crippen LogP contribution in [0, 0.1) is 5.92 Å². The summed E-state index contributed by atoms with van der Waals surface area (Å²) < 4.78 is 0. The van der Waals surface area contributed by atoms with Gasteiger partial charge >= 0.3 is 0 Å². The van der Waals surface area contributed by atoms with Crippen LogP contribution in [0.5, 0.6) is 5.75 Å². The van der Waals surface area contributed by atoms with Gasteiger partial charge in [-0.1, -0.05) is 17.7 Å². The van der Waals surface area contributed by atoms with Crippen LogP contribution in [0.2, 0.25) is 5.02 Å². The molecule has 1 aromatic carbocycles. The van der Waals surface area contributed by atoms with E-state index in [9.17, 15) is 9.90 Å². The zero-order chi connectivity index (χ0) is 11.5. The molecule has 0 bridgehead atoms. The number of phenolic OH excluding ortho intramolecular Hbond substituents is 1. The van der Waals surface area contributed by atoms with Gasteiger partial charge in [-0.15, -0.1) is 0 Å². The van der Waals surface area contributed by atoms with Gasteiger partial charge in [0, 0.05) is 23.0 Å². The number of amides is 1. The SMILES string of the molecule is O=C1NCCCC1Cc1c(O)cccc1Cl. The molecule has 1 atom stereocenters. The van der Waals surface area contributed by atoms with Gasteiger partial charge in [0.25, 0.3) is 0 Å². The van der Waals surface area contributed by atoms with Crippen molar-refractivity contribution in [3.63, 3.8) is 0 Å². The van der Waals surface area contributed by atoms with E-state index < -0.39 is 0 Å². The van der Waals surface area contributed by atoms with Gasteiger partial charge in [0.15, 0.2) is 0 Å². The topological polar surface area (TPSA) is 49.3 Å². The molecule has 0 aliphatic carbocycles. The second-order valence-electron chi connectivity index (χ2n) is 4.07. The highest BCUT2D eigenvalue weighted by atomic mass is 35.5. The predicted octanol–water partition coefficient (Wildman–Crippen LogP) is 2.11. The van der Waals surface area contributed by atoms with Crippen molar-refractivity contribution in [1.82, 2.24) is 5.32 Å². The average Bonchev–Trinajstić information content (AvgIpc) is 2.26. The van der Waals surface area contributed by atoms with Gasteiger partial charge in [-0.2, -0.15) is 0 Å². The molecule has 0 spiro atoms. The van der Waals surface area contributed by atoms with Gasteiger partial charge in [0.1, 0.15) is 5.75 Å². The molecule has 0 radical (unpaired) electrons. The van der Waals surface area contributed by atoms with E-state index in [1.807, 2.05) is 0 Å². The van der Waals surface area contributed by atoms with Crippen molar-refractivity contribution in [3.8, 4) is 5.75 Å². The Bertz CT molecular complexity index is 386. The molecule has 1 unspecified atom stereocenters. The third-order valence-electron chi connectivity index (χ3n) is 2.94. The number of aromatic hydroxyl groups is 1. The maximum Gasteiger partial charge on any atom is 0.223 e. The molecular weight excluding hydrogens is 226 g/mol. The largest absolute Gasteiger partial charge is 0.508 e. The fraction of sp³-hybridized carbons (Fsp3) is 0.417. The van der Waals surface area contributed by atoms with Crippen molar-refractivity contribution in [3.05, 3.63) is 28.8 Å². The first-order valence-electron chi connectivity index (χ1n) is 5.42. The number of halogens is 1. The standard InChI is InChI=1S/C12H14ClNO2/c13-10-4-1-5-11(15)9(10)7-8-3-2-6-14-12(8)16/h1,4-5,8,15H,2-3,6-7H2,(H,14,16). The van der Waals surface area contributed by atoms with Crippen molar-refractivity contribution in [2.24, 2.45) is 5.92 Å². The molecule has 4 heteroatoms. The van der Waals surface area contributed by atoms with Crippen molar-refractivity contribution >= 4 is 17.5 Å². The third-order valence-corrected chi connectivity index (χ3v) is 3.30. The number of benzene rings is 1. The van der Waals surface area contributed by atoms with Gasteiger partial charge in [-0.3, -0.25) is 4.79 Å². The fourth-order valence-electron chi connectivity index (χ4n) is 2.03. The number of hydrogen-bond acceptors (Lipinski definition) is 2. The van der Waals surface area contributed by atoms with E-state index >= 15 is 0 Å². The number of phenols is 1. The Kier molecular flexibility index (Phi) is 3.34. The minimum absolute atomic E-state index is 0.0607. The molecule has 1 heterocycles. The number of carbonyl (C=O) groups excluding carboxylic acids is 1. The first-order chi connectivity index (χ1) is 7.68. The number of hydrogen-bond donors (Lipinski definition) is 2. The Morgan fingerprint density at radius 2 is 2.31 bits per heavy atom. The van der Waals surface area contributed by atoms with Crippen molar-refractivity contribution < 1.29 is 9.90 Å². The maximum atomic E-state index is 11.6. The third kappa shape index (κ3) is 2.30. The summed E-state index contributed by atoms with van der Waals surface area (Å²) in [5.41, 5.74) is 0.672. The predicted molar refractivity (Wildman–Crippen MR) is 62.6 cm³/mol. The summed E-state index contributed by atoms with van der Waals surface area (Å²) in [4.78, 5) is 11.6. The first kappa shape index (κ1) is 11.3. The lowest BCUT2D eigenvalue weighted by Gasteiger charge is -2.22. The molecule has 0 aromatic heterocycles. The minimum Gasteiger partial charge on any atom is -0.508 e. The van der Waals surface area contributed by atoms with Crippen molar-refractivity contribution in [1.29, 1.82) is 0 Å². The summed E-state index contributed by atoms with van der Waals surface area (Å²) in [6.45, 7) is 0.754. The molecule has 1 aliphatic heterocycles. The second-order valence-corrected chi connectivity index (χ2v) is 4.48. The van der Waals surface area contributed by atoms with Crippen LogP contribution in [0.3, 0.4) is 0 Å². The van der Waals surface area contributed by atoms with E-state index in [0.29, 0.717) is 17.0 Å². The van der Waals surface area contributed by atoms with Crippen LogP contribution < -0.4 is 5.32 Å². The molecule has 1 aromatic rings. The summed E-state index contributed by atoms with van der Waals surface area (Å²) in [6, 6.07) is 5.03. The monoisotopic (exact) mass is 239 g/mol. The summed E-state index contributed by atoms with van der Waals surface area (Å²) in [7, 11) is 0. The lowest BCUT2D eigenvalue weighted by molar-refractivity contribution is -0.126. The normalized spacial score (nSPS) is 20.6. The Morgan fingerprint density at radius 1 is 1.50 bits per heavy atom. The number of rotatable bonds is 2. The molecule has 1 aliphatic rings. The zero-order valence-electron chi connectivity index (χ0n) is 8.87. The Balaban J connectivity index is 2.16. The highest BCUT2D eigenvalue weighted by Crippen LogP contribution is 2.29. The lowest BCUT2D eigenvalue weighted by atomic mass is 9.91.